The molecule has 13 heteroatoms. The summed E-state index contributed by atoms with van der Waals surface area (Å²) in [5, 5.41) is 7.39. The maximum atomic E-state index is 13.5. The number of rotatable bonds is 10. The number of ether oxygens (including phenoxy) is 2. The minimum absolute atomic E-state index is 0.00579. The van der Waals surface area contributed by atoms with E-state index in [0.29, 0.717) is 23.1 Å². The lowest BCUT2D eigenvalue weighted by Crippen LogP contribution is -2.33. The van der Waals surface area contributed by atoms with Gasteiger partial charge < -0.3 is 14.4 Å². The Hall–Kier alpha value is -4.10. The Morgan fingerprint density at radius 3 is 2.29 bits per heavy atom. The predicted molar refractivity (Wildman–Crippen MR) is 144 cm³/mol. The first kappa shape index (κ1) is 26.9. The topological polar surface area (TPSA) is 137 Å². The van der Waals surface area contributed by atoms with Crippen LogP contribution in [0.15, 0.2) is 54.9 Å². The lowest BCUT2D eigenvalue weighted by Gasteiger charge is -2.22. The largest absolute Gasteiger partial charge is 0.481 e. The zero-order chi connectivity index (χ0) is 27.4. The van der Waals surface area contributed by atoms with Crippen LogP contribution in [0, 0.1) is 6.92 Å². The van der Waals surface area contributed by atoms with E-state index in [1.54, 1.807) is 35.2 Å². The molecule has 0 aliphatic heterocycles. The second-order valence-corrected chi connectivity index (χ2v) is 10.8. The highest BCUT2D eigenvalue weighted by Gasteiger charge is 2.34. The first-order chi connectivity index (χ1) is 18.1. The summed E-state index contributed by atoms with van der Waals surface area (Å²) >= 11 is 0. The number of sulfonamides is 1. The van der Waals surface area contributed by atoms with Gasteiger partial charge in [-0.3, -0.25) is 9.29 Å². The lowest BCUT2D eigenvalue weighted by molar-refractivity contribution is 0.0949. The van der Waals surface area contributed by atoms with Gasteiger partial charge in [0.2, 0.25) is 21.9 Å². The number of methoxy groups -OCH3 is 2. The molecule has 0 saturated carbocycles. The molecule has 0 bridgehead atoms. The van der Waals surface area contributed by atoms with Crippen molar-refractivity contribution in [3.8, 4) is 23.1 Å². The average Bonchev–Trinajstić information content (AvgIpc) is 3.32. The van der Waals surface area contributed by atoms with Crippen LogP contribution in [0.1, 0.15) is 24.4 Å². The van der Waals surface area contributed by atoms with E-state index in [1.807, 2.05) is 50.2 Å². The van der Waals surface area contributed by atoms with E-state index < -0.39 is 21.4 Å². The van der Waals surface area contributed by atoms with Crippen molar-refractivity contribution in [3.05, 3.63) is 66.2 Å². The van der Waals surface area contributed by atoms with Crippen molar-refractivity contribution in [2.75, 3.05) is 37.9 Å². The molecule has 0 radical (unpaired) electrons. The summed E-state index contributed by atoms with van der Waals surface area (Å²) in [6.07, 6.45) is 2.31. The van der Waals surface area contributed by atoms with Crippen molar-refractivity contribution in [2.24, 2.45) is 0 Å². The van der Waals surface area contributed by atoms with Crippen molar-refractivity contribution >= 4 is 21.7 Å². The van der Waals surface area contributed by atoms with E-state index >= 15 is 0 Å². The fraction of sp³-hybridized carbons (Fsp3) is 0.320. The van der Waals surface area contributed by atoms with Gasteiger partial charge in [0.05, 0.1) is 12.8 Å². The molecular weight excluding hydrogens is 508 g/mol. The third-order valence-electron chi connectivity index (χ3n) is 5.91. The molecule has 200 valence electrons. The quantitative estimate of drug-likeness (QED) is 0.321. The van der Waals surface area contributed by atoms with Crippen molar-refractivity contribution in [1.82, 2.24) is 29.7 Å². The van der Waals surface area contributed by atoms with Crippen LogP contribution in [0.2, 0.25) is 0 Å². The van der Waals surface area contributed by atoms with Gasteiger partial charge >= 0.3 is 0 Å². The van der Waals surface area contributed by atoms with E-state index in [0.717, 1.165) is 11.3 Å². The Morgan fingerprint density at radius 2 is 1.68 bits per heavy atom. The van der Waals surface area contributed by atoms with Gasteiger partial charge in [-0.15, -0.1) is 10.2 Å². The van der Waals surface area contributed by atoms with Crippen LogP contribution in [0.25, 0.3) is 17.2 Å². The molecule has 4 aromatic rings. The Kier molecular flexibility index (Phi) is 7.88. The van der Waals surface area contributed by atoms with Crippen LogP contribution >= 0.6 is 0 Å². The number of nitrogens with one attached hydrogen (secondary N) is 1. The normalized spacial score (nSPS) is 13.1. The summed E-state index contributed by atoms with van der Waals surface area (Å²) in [6, 6.07) is 12.7. The molecule has 1 N–H and O–H groups in total. The van der Waals surface area contributed by atoms with Crippen LogP contribution in [0.5, 0.6) is 5.88 Å². The molecule has 3 aromatic heterocycles. The van der Waals surface area contributed by atoms with E-state index in [2.05, 4.69) is 29.9 Å². The molecule has 4 rings (SSSR count). The highest BCUT2D eigenvalue weighted by atomic mass is 32.2. The van der Waals surface area contributed by atoms with Crippen LogP contribution in [0.4, 0.5) is 11.6 Å². The molecular formula is C25H30N8O4S. The maximum absolute atomic E-state index is 13.5. The minimum atomic E-state index is -4.05. The molecule has 3 heterocycles. The molecule has 0 fully saturated rings. The second kappa shape index (κ2) is 11.1. The van der Waals surface area contributed by atoms with Crippen LogP contribution in [0.3, 0.4) is 0 Å². The van der Waals surface area contributed by atoms with Crippen molar-refractivity contribution in [1.29, 1.82) is 0 Å². The molecule has 0 saturated heterocycles. The number of aryl methyl sites for hydroxylation is 1. The fourth-order valence-electron chi connectivity index (χ4n) is 3.75. The number of nitrogens with zero attached hydrogens (tertiary/aromatic N) is 7. The highest BCUT2D eigenvalue weighted by molar-refractivity contribution is 7.93. The van der Waals surface area contributed by atoms with E-state index in [-0.39, 0.29) is 11.8 Å². The van der Waals surface area contributed by atoms with Gasteiger partial charge in [-0.05, 0) is 49.7 Å². The van der Waals surface area contributed by atoms with Gasteiger partial charge in [-0.25, -0.2) is 23.4 Å². The fourth-order valence-corrected chi connectivity index (χ4v) is 4.88. The van der Waals surface area contributed by atoms with Gasteiger partial charge in [-0.1, -0.05) is 6.07 Å². The standard InChI is InChI=1S/C25H30N8O4S/c1-16-14-26-23(27-15-16)22(37-6)17(2)38(34,35)31-25-30-29-24(20-8-7-9-21(28-20)36-5)33(25)19-12-10-18(11-13-19)32(3)4/h7-15,17,22H,1-6H3,(H,30,31)/t17-,22-/m0/s1. The molecule has 0 aliphatic carbocycles. The number of aromatic nitrogens is 6. The van der Waals surface area contributed by atoms with E-state index in [1.165, 1.54) is 21.1 Å². The summed E-state index contributed by atoms with van der Waals surface area (Å²) in [5.41, 5.74) is 2.91. The van der Waals surface area contributed by atoms with Crippen molar-refractivity contribution in [3.63, 3.8) is 0 Å². The maximum Gasteiger partial charge on any atom is 0.243 e. The number of pyridine rings is 1. The van der Waals surface area contributed by atoms with Gasteiger partial charge in [0, 0.05) is 45.4 Å². The van der Waals surface area contributed by atoms with E-state index in [9.17, 15) is 8.42 Å². The molecule has 2 atom stereocenters. The molecule has 0 amide bonds. The van der Waals surface area contributed by atoms with Crippen LogP contribution in [-0.4, -0.2) is 71.7 Å². The predicted octanol–water partition coefficient (Wildman–Crippen LogP) is 3.02. The van der Waals surface area contributed by atoms with Crippen LogP contribution < -0.4 is 14.4 Å². The van der Waals surface area contributed by atoms with Crippen molar-refractivity contribution in [2.45, 2.75) is 25.2 Å². The molecule has 38 heavy (non-hydrogen) atoms. The Bertz CT molecular complexity index is 1490. The SMILES string of the molecule is COc1cccc(-c2nnc(NS(=O)(=O)[C@@H](C)[C@H](OC)c3ncc(C)cn3)n2-c2ccc(N(C)C)cc2)n1. The molecule has 0 spiro atoms. The number of anilines is 2. The third kappa shape index (κ3) is 5.58. The summed E-state index contributed by atoms with van der Waals surface area (Å²) in [4.78, 5) is 14.9. The summed E-state index contributed by atoms with van der Waals surface area (Å²) in [6.45, 7) is 3.37. The molecule has 0 aliphatic rings. The molecule has 12 nitrogen and oxygen atoms in total. The number of hydrogen-bond acceptors (Lipinski definition) is 10. The Balaban J connectivity index is 1.76. The smallest absolute Gasteiger partial charge is 0.243 e. The molecule has 0 unspecified atom stereocenters. The first-order valence-electron chi connectivity index (χ1n) is 11.7. The van der Waals surface area contributed by atoms with Gasteiger partial charge in [0.1, 0.15) is 17.0 Å². The number of benzene rings is 1. The zero-order valence-electron chi connectivity index (χ0n) is 22.0. The summed E-state index contributed by atoms with van der Waals surface area (Å²) in [5.74, 6) is 0.973. The first-order valence-corrected chi connectivity index (χ1v) is 13.3. The summed E-state index contributed by atoms with van der Waals surface area (Å²) in [7, 11) is 2.75. The lowest BCUT2D eigenvalue weighted by atomic mass is 10.2. The minimum Gasteiger partial charge on any atom is -0.481 e. The second-order valence-electron chi connectivity index (χ2n) is 8.79. The monoisotopic (exact) mass is 538 g/mol. The Labute approximate surface area is 221 Å². The summed E-state index contributed by atoms with van der Waals surface area (Å²) < 4.78 is 42.0. The molecule has 1 aromatic carbocycles. The van der Waals surface area contributed by atoms with E-state index in [4.69, 9.17) is 9.47 Å². The Morgan fingerprint density at radius 1 is 1.00 bits per heavy atom. The van der Waals surface area contributed by atoms with Gasteiger partial charge in [-0.2, -0.15) is 0 Å². The van der Waals surface area contributed by atoms with Gasteiger partial charge in [0.25, 0.3) is 0 Å². The average molecular weight is 539 g/mol. The van der Waals surface area contributed by atoms with Crippen molar-refractivity contribution < 1.29 is 17.9 Å². The third-order valence-corrected chi connectivity index (χ3v) is 7.60. The van der Waals surface area contributed by atoms with Crippen LogP contribution in [-0.2, 0) is 14.8 Å². The highest BCUT2D eigenvalue weighted by Crippen LogP contribution is 2.29. The van der Waals surface area contributed by atoms with Gasteiger partial charge in [0.15, 0.2) is 11.6 Å². The zero-order valence-corrected chi connectivity index (χ0v) is 22.8. The number of hydrogen-bond donors (Lipinski definition) is 1.